The summed E-state index contributed by atoms with van der Waals surface area (Å²) in [6.45, 7) is 1.99. The summed E-state index contributed by atoms with van der Waals surface area (Å²) in [5, 5.41) is 4.82. The van der Waals surface area contributed by atoms with Crippen LogP contribution < -0.4 is 4.74 Å². The summed E-state index contributed by atoms with van der Waals surface area (Å²) in [6, 6.07) is 24.4. The molecule has 3 aromatic carbocycles. The van der Waals surface area contributed by atoms with E-state index in [1.807, 2.05) is 84.2 Å². The van der Waals surface area contributed by atoms with Gasteiger partial charge in [-0.1, -0.05) is 42.5 Å². The number of nitrogens with zero attached hydrogens (tertiary/aromatic N) is 4. The number of aryl methyl sites for hydroxylation is 1. The van der Waals surface area contributed by atoms with E-state index in [1.165, 1.54) is 6.07 Å². The number of fused-ring (bicyclic) bond motifs is 1. The summed E-state index contributed by atoms with van der Waals surface area (Å²) in [4.78, 5) is 6.96. The third-order valence-corrected chi connectivity index (χ3v) is 5.84. The lowest BCUT2D eigenvalue weighted by molar-refractivity contribution is 0.408. The molecule has 1 atom stereocenters. The molecule has 0 fully saturated rings. The molecule has 1 aromatic heterocycles. The van der Waals surface area contributed by atoms with Gasteiger partial charge in [-0.25, -0.2) is 14.1 Å². The van der Waals surface area contributed by atoms with E-state index in [4.69, 9.17) is 14.8 Å². The Balaban J connectivity index is 1.76. The Bertz CT molecular complexity index is 1300. The van der Waals surface area contributed by atoms with Gasteiger partial charge in [-0.2, -0.15) is 5.10 Å². The number of aromatic nitrogens is 2. The van der Waals surface area contributed by atoms with Crippen LogP contribution in [0.4, 0.5) is 10.2 Å². The largest absolute Gasteiger partial charge is 0.497 e. The number of hydrogen-bond acceptors (Lipinski definition) is 4. The molecule has 5 rings (SSSR count). The van der Waals surface area contributed by atoms with E-state index in [1.54, 1.807) is 19.2 Å². The summed E-state index contributed by atoms with van der Waals surface area (Å²) in [5.41, 5.74) is 4.30. The van der Waals surface area contributed by atoms with Gasteiger partial charge in [0, 0.05) is 12.6 Å². The summed E-state index contributed by atoms with van der Waals surface area (Å²) in [6.07, 6.45) is 0. The molecule has 2 heterocycles. The monoisotopic (exact) mass is 426 g/mol. The second kappa shape index (κ2) is 7.96. The molecule has 0 aliphatic carbocycles. The van der Waals surface area contributed by atoms with Crippen LogP contribution in [0.1, 0.15) is 28.4 Å². The molecule has 4 aromatic rings. The van der Waals surface area contributed by atoms with Gasteiger partial charge < -0.3 is 9.64 Å². The van der Waals surface area contributed by atoms with E-state index < -0.39 is 0 Å². The molecule has 1 aliphatic rings. The van der Waals surface area contributed by atoms with Gasteiger partial charge in [-0.3, -0.25) is 0 Å². The van der Waals surface area contributed by atoms with Crippen LogP contribution in [0.15, 0.2) is 83.9 Å². The van der Waals surface area contributed by atoms with Gasteiger partial charge in [-0.15, -0.1) is 0 Å². The highest BCUT2D eigenvalue weighted by molar-refractivity contribution is 6.02. The van der Waals surface area contributed by atoms with Crippen molar-refractivity contribution in [3.63, 3.8) is 0 Å². The number of ether oxygens (including phenoxy) is 1. The van der Waals surface area contributed by atoms with Crippen LogP contribution in [-0.2, 0) is 0 Å². The summed E-state index contributed by atoms with van der Waals surface area (Å²) in [7, 11) is 3.60. The maximum atomic E-state index is 14.8. The van der Waals surface area contributed by atoms with Gasteiger partial charge >= 0.3 is 0 Å². The van der Waals surface area contributed by atoms with Gasteiger partial charge in [0.25, 0.3) is 0 Å². The Morgan fingerprint density at radius 2 is 1.59 bits per heavy atom. The smallest absolute Gasteiger partial charge is 0.163 e. The van der Waals surface area contributed by atoms with Crippen LogP contribution in [-0.4, -0.2) is 34.7 Å². The molecule has 160 valence electrons. The second-order valence-electron chi connectivity index (χ2n) is 7.77. The molecule has 1 unspecified atom stereocenters. The molecule has 1 aliphatic heterocycles. The molecular weight excluding hydrogens is 403 g/mol. The minimum atomic E-state index is -0.308. The zero-order valence-corrected chi connectivity index (χ0v) is 18.2. The predicted molar refractivity (Wildman–Crippen MR) is 123 cm³/mol. The highest BCUT2D eigenvalue weighted by Gasteiger charge is 2.35. The maximum absolute atomic E-state index is 14.8. The number of methoxy groups -OCH3 is 1. The number of benzene rings is 3. The molecule has 0 amide bonds. The SMILES string of the molecule is COc1ccc(C2c3c(C)nn(-c4ccccc4)c3N=C(c3ccccc3F)N2C)cc1. The van der Waals surface area contributed by atoms with Crippen LogP contribution in [0.3, 0.4) is 0 Å². The van der Waals surface area contributed by atoms with Crippen molar-refractivity contribution in [2.75, 3.05) is 14.2 Å². The van der Waals surface area contributed by atoms with Crippen LogP contribution in [0.25, 0.3) is 5.69 Å². The molecule has 0 spiro atoms. The first-order valence-corrected chi connectivity index (χ1v) is 10.4. The highest BCUT2D eigenvalue weighted by Crippen LogP contribution is 2.42. The molecule has 32 heavy (non-hydrogen) atoms. The minimum absolute atomic E-state index is 0.180. The molecular formula is C26H23FN4O. The molecule has 6 heteroatoms. The van der Waals surface area contributed by atoms with Crippen molar-refractivity contribution >= 4 is 11.7 Å². The first-order valence-electron chi connectivity index (χ1n) is 10.4. The molecule has 0 radical (unpaired) electrons. The van der Waals surface area contributed by atoms with Crippen molar-refractivity contribution in [3.8, 4) is 11.4 Å². The fourth-order valence-electron chi connectivity index (χ4n) is 4.27. The summed E-state index contributed by atoms with van der Waals surface area (Å²) >= 11 is 0. The molecule has 0 saturated carbocycles. The van der Waals surface area contributed by atoms with E-state index in [-0.39, 0.29) is 11.9 Å². The summed E-state index contributed by atoms with van der Waals surface area (Å²) in [5.74, 6) is 1.75. The van der Waals surface area contributed by atoms with Crippen molar-refractivity contribution in [3.05, 3.63) is 107 Å². The Hall–Kier alpha value is -3.93. The lowest BCUT2D eigenvalue weighted by Crippen LogP contribution is -2.35. The van der Waals surface area contributed by atoms with Crippen LogP contribution >= 0.6 is 0 Å². The normalized spacial score (nSPS) is 15.3. The van der Waals surface area contributed by atoms with Crippen molar-refractivity contribution in [2.24, 2.45) is 4.99 Å². The third kappa shape index (κ3) is 3.24. The highest BCUT2D eigenvalue weighted by atomic mass is 19.1. The second-order valence-corrected chi connectivity index (χ2v) is 7.77. The first-order chi connectivity index (χ1) is 15.6. The van der Waals surface area contributed by atoms with Crippen LogP contribution in [0.2, 0.25) is 0 Å². The van der Waals surface area contributed by atoms with Gasteiger partial charge in [0.1, 0.15) is 17.4 Å². The number of hydrogen-bond donors (Lipinski definition) is 0. The Morgan fingerprint density at radius 3 is 2.28 bits per heavy atom. The Morgan fingerprint density at radius 1 is 0.906 bits per heavy atom. The number of halogens is 1. The van der Waals surface area contributed by atoms with E-state index in [0.29, 0.717) is 17.2 Å². The molecule has 5 nitrogen and oxygen atoms in total. The number of para-hydroxylation sites is 1. The fourth-order valence-corrected chi connectivity index (χ4v) is 4.27. The predicted octanol–water partition coefficient (Wildman–Crippen LogP) is 5.44. The molecule has 0 N–H and O–H groups in total. The van der Waals surface area contributed by atoms with Crippen LogP contribution in [0, 0.1) is 12.7 Å². The van der Waals surface area contributed by atoms with Gasteiger partial charge in [0.2, 0.25) is 0 Å². The van der Waals surface area contributed by atoms with Crippen molar-refractivity contribution in [1.29, 1.82) is 0 Å². The average molecular weight is 426 g/mol. The fraction of sp³-hybridized carbons (Fsp3) is 0.154. The van der Waals surface area contributed by atoms with E-state index in [2.05, 4.69) is 0 Å². The van der Waals surface area contributed by atoms with E-state index >= 15 is 0 Å². The number of aliphatic imine (C=N–C) groups is 1. The van der Waals surface area contributed by atoms with Crippen LogP contribution in [0.5, 0.6) is 5.75 Å². The van der Waals surface area contributed by atoms with Gasteiger partial charge in [0.15, 0.2) is 5.82 Å². The number of rotatable bonds is 4. The topological polar surface area (TPSA) is 42.6 Å². The van der Waals surface area contributed by atoms with Gasteiger partial charge in [0.05, 0.1) is 30.1 Å². The average Bonchev–Trinajstić information content (AvgIpc) is 3.16. The number of amidine groups is 1. The lowest BCUT2D eigenvalue weighted by atomic mass is 9.94. The van der Waals surface area contributed by atoms with Gasteiger partial charge in [-0.05, 0) is 48.9 Å². The Labute approximate surface area is 186 Å². The summed E-state index contributed by atoms with van der Waals surface area (Å²) < 4.78 is 22.0. The Kier molecular flexibility index (Phi) is 4.98. The van der Waals surface area contributed by atoms with E-state index in [0.717, 1.165) is 28.3 Å². The zero-order valence-electron chi connectivity index (χ0n) is 18.2. The maximum Gasteiger partial charge on any atom is 0.163 e. The van der Waals surface area contributed by atoms with Crippen molar-refractivity contribution in [2.45, 2.75) is 13.0 Å². The standard InChI is InChI=1S/C26H23FN4O/c1-17-23-24(18-13-15-20(32-3)16-14-18)30(2)25(21-11-7-8-12-22(21)27)28-26(23)31(29-17)19-9-5-4-6-10-19/h4-16,24H,1-3H3. The quantitative estimate of drug-likeness (QED) is 0.436. The van der Waals surface area contributed by atoms with Crippen molar-refractivity contribution < 1.29 is 9.13 Å². The van der Waals surface area contributed by atoms with Crippen molar-refractivity contribution in [1.82, 2.24) is 14.7 Å². The first kappa shape index (κ1) is 20.0. The zero-order chi connectivity index (χ0) is 22.2. The third-order valence-electron chi connectivity index (χ3n) is 5.84. The minimum Gasteiger partial charge on any atom is -0.497 e. The van der Waals surface area contributed by atoms with E-state index in [9.17, 15) is 4.39 Å². The lowest BCUT2D eigenvalue weighted by Gasteiger charge is -2.35. The molecule has 0 saturated heterocycles. The molecule has 0 bridgehead atoms.